The number of piperidine rings is 1. The van der Waals surface area contributed by atoms with Crippen molar-refractivity contribution in [3.05, 3.63) is 46.1 Å². The maximum atomic E-state index is 13.3. The Morgan fingerprint density at radius 2 is 1.80 bits per heavy atom. The molecule has 8 rings (SSSR count). The van der Waals surface area contributed by atoms with Gasteiger partial charge in [-0.15, -0.1) is 11.3 Å². The molecule has 1 unspecified atom stereocenters. The number of ether oxygens (including phenoxy) is 2. The number of hydrogen-bond acceptors (Lipinski definition) is 14. The van der Waals surface area contributed by atoms with Crippen LogP contribution in [0.25, 0.3) is 10.2 Å². The summed E-state index contributed by atoms with van der Waals surface area (Å²) in [5.41, 5.74) is 7.47. The number of rotatable bonds is 14. The number of primary amides is 1. The Hall–Kier alpha value is -4.55. The van der Waals surface area contributed by atoms with Gasteiger partial charge in [0.25, 0.3) is 11.8 Å². The third kappa shape index (κ3) is 7.74. The van der Waals surface area contributed by atoms with Crippen LogP contribution in [0.2, 0.25) is 0 Å². The molecule has 3 fully saturated rings. The zero-order chi connectivity index (χ0) is 38.9. The molecule has 2 aromatic heterocycles. The van der Waals surface area contributed by atoms with E-state index in [1.807, 2.05) is 0 Å². The molecule has 17 heteroatoms. The first-order chi connectivity index (χ1) is 27.2. The number of anilines is 1. The van der Waals surface area contributed by atoms with Crippen LogP contribution in [0.15, 0.2) is 24.5 Å². The van der Waals surface area contributed by atoms with Crippen LogP contribution in [-0.2, 0) is 25.5 Å². The predicted octanol–water partition coefficient (Wildman–Crippen LogP) is 1.79. The summed E-state index contributed by atoms with van der Waals surface area (Å²) in [6, 6.07) is 4.54. The van der Waals surface area contributed by atoms with Gasteiger partial charge in [-0.25, -0.2) is 9.97 Å². The zero-order valence-corrected chi connectivity index (χ0v) is 32.1. The summed E-state index contributed by atoms with van der Waals surface area (Å²) in [6.45, 7) is 6.22. The van der Waals surface area contributed by atoms with Gasteiger partial charge in [0.1, 0.15) is 29.4 Å². The van der Waals surface area contributed by atoms with Crippen LogP contribution < -0.4 is 21.1 Å². The largest absolute Gasteiger partial charge is 0.474 e. The SMILES string of the molecule is NC(=O)[C@@H](O)C[C@H]1CCc2sc3ncnc(OC4CCC(N5CCN(CCOCCNc6cccc7c6C(=O)N(C6CCC(=O)NC6=O)C7=O)CC5)CC4)c3c21. The van der Waals surface area contributed by atoms with Crippen molar-refractivity contribution in [2.45, 2.75) is 88.0 Å². The van der Waals surface area contributed by atoms with Crippen LogP contribution in [-0.4, -0.2) is 136 Å². The summed E-state index contributed by atoms with van der Waals surface area (Å²) in [5.74, 6) is -2.16. The molecule has 3 atom stereocenters. The second kappa shape index (κ2) is 16.5. The number of imide groups is 2. The molecule has 56 heavy (non-hydrogen) atoms. The molecule has 5 aliphatic rings. The fourth-order valence-corrected chi connectivity index (χ4v) is 10.2. The first kappa shape index (κ1) is 38.3. The first-order valence-electron chi connectivity index (χ1n) is 19.7. The number of carbonyl (C=O) groups is 5. The average molecular weight is 789 g/mol. The van der Waals surface area contributed by atoms with Gasteiger partial charge >= 0.3 is 0 Å². The van der Waals surface area contributed by atoms with Gasteiger partial charge in [-0.05, 0) is 75.0 Å². The molecule has 1 saturated carbocycles. The van der Waals surface area contributed by atoms with E-state index in [9.17, 15) is 29.1 Å². The molecule has 16 nitrogen and oxygen atoms in total. The minimum absolute atomic E-state index is 0.0263. The number of aryl methyl sites for hydroxylation is 1. The maximum Gasteiger partial charge on any atom is 0.264 e. The van der Waals surface area contributed by atoms with Crippen molar-refractivity contribution in [3.8, 4) is 5.88 Å². The summed E-state index contributed by atoms with van der Waals surface area (Å²) in [5, 5.41) is 16.6. The normalized spacial score (nSPS) is 25.0. The molecule has 5 N–H and O–H groups in total. The smallest absolute Gasteiger partial charge is 0.264 e. The van der Waals surface area contributed by atoms with Gasteiger partial charge in [0.2, 0.25) is 23.6 Å². The average Bonchev–Trinajstić information content (AvgIpc) is 3.84. The first-order valence-corrected chi connectivity index (χ1v) is 20.5. The van der Waals surface area contributed by atoms with Crippen LogP contribution in [0, 0.1) is 0 Å². The van der Waals surface area contributed by atoms with E-state index in [4.69, 9.17) is 15.2 Å². The number of nitrogens with two attached hydrogens (primary N) is 1. The lowest BCUT2D eigenvalue weighted by Gasteiger charge is -2.41. The van der Waals surface area contributed by atoms with E-state index in [1.165, 1.54) is 4.88 Å². The van der Waals surface area contributed by atoms with Crippen molar-refractivity contribution >= 4 is 56.8 Å². The van der Waals surface area contributed by atoms with Crippen LogP contribution in [0.4, 0.5) is 5.69 Å². The number of nitrogens with one attached hydrogen (secondary N) is 2. The maximum absolute atomic E-state index is 13.3. The van der Waals surface area contributed by atoms with Gasteiger partial charge in [-0.3, -0.25) is 44.0 Å². The predicted molar refractivity (Wildman–Crippen MR) is 205 cm³/mol. The highest BCUT2D eigenvalue weighted by Crippen LogP contribution is 2.48. The fraction of sp³-hybridized carbons (Fsp3) is 0.564. The molecule has 2 aliphatic carbocycles. The van der Waals surface area contributed by atoms with Crippen LogP contribution >= 0.6 is 11.3 Å². The van der Waals surface area contributed by atoms with Crippen LogP contribution in [0.5, 0.6) is 5.88 Å². The van der Waals surface area contributed by atoms with E-state index < -0.39 is 41.7 Å². The second-order valence-electron chi connectivity index (χ2n) is 15.3. The molecule has 0 radical (unpaired) electrons. The topological polar surface area (TPSA) is 210 Å². The fourth-order valence-electron chi connectivity index (χ4n) is 9.01. The van der Waals surface area contributed by atoms with Crippen molar-refractivity contribution in [1.29, 1.82) is 0 Å². The third-order valence-electron chi connectivity index (χ3n) is 12.0. The number of fused-ring (bicyclic) bond motifs is 4. The summed E-state index contributed by atoms with van der Waals surface area (Å²) in [4.78, 5) is 79.2. The molecule has 1 aromatic carbocycles. The van der Waals surface area contributed by atoms with E-state index in [2.05, 4.69) is 30.4 Å². The monoisotopic (exact) mass is 788 g/mol. The minimum Gasteiger partial charge on any atom is -0.474 e. The van der Waals surface area contributed by atoms with Crippen molar-refractivity contribution in [3.63, 3.8) is 0 Å². The Morgan fingerprint density at radius 1 is 1.00 bits per heavy atom. The molecule has 3 aliphatic heterocycles. The summed E-state index contributed by atoms with van der Waals surface area (Å²) in [6.07, 6.45) is 6.71. The van der Waals surface area contributed by atoms with E-state index in [1.54, 1.807) is 35.9 Å². The van der Waals surface area contributed by atoms with E-state index in [0.29, 0.717) is 43.8 Å². The van der Waals surface area contributed by atoms with Gasteiger partial charge < -0.3 is 25.6 Å². The summed E-state index contributed by atoms with van der Waals surface area (Å²) < 4.78 is 12.5. The molecule has 0 bridgehead atoms. The van der Waals surface area contributed by atoms with Crippen molar-refractivity contribution in [2.24, 2.45) is 5.73 Å². The van der Waals surface area contributed by atoms with Gasteiger partial charge in [0.05, 0.1) is 29.7 Å². The van der Waals surface area contributed by atoms with Crippen LogP contribution in [0.1, 0.15) is 88.4 Å². The van der Waals surface area contributed by atoms with Gasteiger partial charge in [-0.1, -0.05) is 6.07 Å². The number of thiophene rings is 1. The zero-order valence-electron chi connectivity index (χ0n) is 31.2. The Morgan fingerprint density at radius 3 is 2.57 bits per heavy atom. The Kier molecular flexibility index (Phi) is 11.3. The number of aromatic nitrogens is 2. The highest BCUT2D eigenvalue weighted by molar-refractivity contribution is 7.19. The number of carbonyl (C=O) groups excluding carboxylic acids is 5. The van der Waals surface area contributed by atoms with Crippen molar-refractivity contribution in [2.75, 3.05) is 57.8 Å². The summed E-state index contributed by atoms with van der Waals surface area (Å²) >= 11 is 1.65. The van der Waals surface area contributed by atoms with E-state index >= 15 is 0 Å². The lowest BCUT2D eigenvalue weighted by atomic mass is 9.91. The van der Waals surface area contributed by atoms with Gasteiger partial charge in [0, 0.05) is 62.3 Å². The second-order valence-corrected chi connectivity index (χ2v) is 16.4. The highest BCUT2D eigenvalue weighted by Gasteiger charge is 2.45. The Bertz CT molecular complexity index is 2010. The third-order valence-corrected chi connectivity index (χ3v) is 13.1. The van der Waals surface area contributed by atoms with E-state index in [-0.39, 0.29) is 36.0 Å². The molecule has 5 heterocycles. The highest BCUT2D eigenvalue weighted by atomic mass is 32.1. The quantitative estimate of drug-likeness (QED) is 0.136. The molecule has 0 spiro atoms. The van der Waals surface area contributed by atoms with Crippen LogP contribution in [0.3, 0.4) is 0 Å². The van der Waals surface area contributed by atoms with E-state index in [0.717, 1.165) is 91.9 Å². The number of aliphatic hydroxyl groups is 1. The Labute approximate surface area is 328 Å². The lowest BCUT2D eigenvalue weighted by Crippen LogP contribution is -2.54. The summed E-state index contributed by atoms with van der Waals surface area (Å²) in [7, 11) is 0. The Balaban J connectivity index is 0.746. The number of aliphatic hydroxyl groups excluding tert-OH is 1. The molecular weight excluding hydrogens is 741 g/mol. The minimum atomic E-state index is -1.18. The molecular formula is C39H48N8O8S. The number of hydrogen-bond donors (Lipinski definition) is 4. The number of amides is 5. The van der Waals surface area contributed by atoms with Crippen molar-refractivity contribution in [1.82, 2.24) is 30.0 Å². The van der Waals surface area contributed by atoms with Crippen molar-refractivity contribution < 1.29 is 38.6 Å². The van der Waals surface area contributed by atoms with Gasteiger partial charge in [0.15, 0.2) is 0 Å². The molecule has 2 saturated heterocycles. The molecule has 3 aromatic rings. The lowest BCUT2D eigenvalue weighted by molar-refractivity contribution is -0.136. The van der Waals surface area contributed by atoms with Gasteiger partial charge in [-0.2, -0.15) is 0 Å². The number of nitrogens with zero attached hydrogens (tertiary/aromatic N) is 5. The standard InChI is InChI=1S/C39H48N8O8S/c40-34(50)28(48)20-22-4-10-29-31(22)33-36(42-21-43-37(33)56-29)55-24-7-5-23(6-8-24)46-15-13-45(14-16-46)17-19-54-18-12-41-26-3-1-2-25-32(26)39(53)47(38(25)52)27-9-11-30(49)44-35(27)51/h1-3,21-24,27-28,41,48H,4-20H2,(H2,40,50)(H,44,49,51)/t22-,23?,24?,27?,28+/m1/s1. The molecule has 5 amide bonds. The molecule has 298 valence electrons. The number of piperazine rings is 1. The number of benzene rings is 1.